The van der Waals surface area contributed by atoms with Gasteiger partial charge in [-0.05, 0) is 70.4 Å². The van der Waals surface area contributed by atoms with Crippen LogP contribution in [0.3, 0.4) is 0 Å². The summed E-state index contributed by atoms with van der Waals surface area (Å²) < 4.78 is 17.9. The molecule has 2 N–H and O–H groups in total. The van der Waals surface area contributed by atoms with Crippen molar-refractivity contribution in [2.24, 2.45) is 0 Å². The zero-order chi connectivity index (χ0) is 28.8. The summed E-state index contributed by atoms with van der Waals surface area (Å²) in [6, 6.07) is 14.6. The number of carbonyl (C=O) groups is 2. The highest BCUT2D eigenvalue weighted by Crippen LogP contribution is 2.47. The second-order valence-corrected chi connectivity index (χ2v) is 12.4. The molecular weight excluding hydrogens is 506 g/mol. The summed E-state index contributed by atoms with van der Waals surface area (Å²) in [5, 5.41) is 13.8. The molecule has 40 heavy (non-hydrogen) atoms. The van der Waals surface area contributed by atoms with Crippen LogP contribution in [0.2, 0.25) is 0 Å². The highest BCUT2D eigenvalue weighted by atomic mass is 16.6. The number of para-hydroxylation sites is 1. The van der Waals surface area contributed by atoms with Crippen LogP contribution in [0.15, 0.2) is 71.1 Å². The topological polar surface area (TPSA) is 94.1 Å². The smallest absolute Gasteiger partial charge is 0.337 e. The number of methoxy groups -OCH3 is 1. The van der Waals surface area contributed by atoms with E-state index in [0.717, 1.165) is 17.0 Å². The van der Waals surface area contributed by atoms with E-state index in [1.165, 1.54) is 0 Å². The van der Waals surface area contributed by atoms with Crippen LogP contribution in [0.4, 0.5) is 0 Å². The van der Waals surface area contributed by atoms with Crippen molar-refractivity contribution in [3.05, 3.63) is 82.2 Å². The first-order chi connectivity index (χ1) is 18.9. The van der Waals surface area contributed by atoms with E-state index in [9.17, 15) is 14.7 Å². The van der Waals surface area contributed by atoms with Crippen LogP contribution in [0.25, 0.3) is 0 Å². The van der Waals surface area contributed by atoms with Gasteiger partial charge in [0.05, 0.1) is 23.9 Å². The molecule has 2 aromatic rings. The van der Waals surface area contributed by atoms with Crippen LogP contribution in [0, 0.1) is 0 Å². The first kappa shape index (κ1) is 28.0. The van der Waals surface area contributed by atoms with Crippen LogP contribution in [0.1, 0.15) is 83.3 Å². The Morgan fingerprint density at radius 3 is 2.40 bits per heavy atom. The number of carbonyl (C=O) groups excluding carboxylic acids is 2. The van der Waals surface area contributed by atoms with Crippen LogP contribution < -0.4 is 10.1 Å². The van der Waals surface area contributed by atoms with E-state index in [1.54, 1.807) is 25.3 Å². The molecule has 2 aliphatic heterocycles. The number of allylic oxidation sites excluding steroid dienone is 3. The standard InChI is InChI=1S/C33H39NO6/c1-19-28(31(37)39-23-17-32(2,3)40-33(4,5)18-23)29(20-10-9-11-22(35)14-20)30-25(34-19)15-21(16-26(30)36)24-12-7-8-13-27(24)38-6/h7-14,21,23,29,34-35H,15-18H2,1-6H3. The predicted octanol–water partition coefficient (Wildman–Crippen LogP) is 6.04. The average molecular weight is 546 g/mol. The summed E-state index contributed by atoms with van der Waals surface area (Å²) in [5.41, 5.74) is 3.19. The molecule has 5 rings (SSSR count). The number of hydrogen-bond acceptors (Lipinski definition) is 7. The Morgan fingerprint density at radius 2 is 1.73 bits per heavy atom. The van der Waals surface area contributed by atoms with Gasteiger partial charge in [0.2, 0.25) is 0 Å². The number of nitrogens with one attached hydrogen (secondary N) is 1. The fraction of sp³-hybridized carbons (Fsp3) is 0.455. The summed E-state index contributed by atoms with van der Waals surface area (Å²) in [7, 11) is 1.64. The molecule has 0 aromatic heterocycles. The Kier molecular flexibility index (Phi) is 7.29. The van der Waals surface area contributed by atoms with E-state index in [0.29, 0.717) is 48.1 Å². The number of phenols is 1. The highest BCUT2D eigenvalue weighted by molar-refractivity contribution is 6.04. The van der Waals surface area contributed by atoms with Gasteiger partial charge in [-0.3, -0.25) is 4.79 Å². The molecule has 7 heteroatoms. The van der Waals surface area contributed by atoms with Gasteiger partial charge in [-0.15, -0.1) is 0 Å². The van der Waals surface area contributed by atoms with Crippen molar-refractivity contribution in [2.75, 3.05) is 7.11 Å². The largest absolute Gasteiger partial charge is 0.508 e. The third kappa shape index (κ3) is 5.52. The molecule has 2 unspecified atom stereocenters. The van der Waals surface area contributed by atoms with Gasteiger partial charge < -0.3 is 24.6 Å². The molecule has 0 amide bonds. The lowest BCUT2D eigenvalue weighted by Crippen LogP contribution is -2.48. The number of dihydropyridines is 1. The number of ether oxygens (including phenoxy) is 3. The number of Topliss-reactive ketones (excluding diaryl/α,β-unsaturated/α-hetero) is 1. The number of phenolic OH excluding ortho intramolecular Hbond substituents is 1. The molecule has 212 valence electrons. The summed E-state index contributed by atoms with van der Waals surface area (Å²) in [5.74, 6) is -0.377. The van der Waals surface area contributed by atoms with Gasteiger partial charge in [0.1, 0.15) is 17.6 Å². The molecule has 2 heterocycles. The van der Waals surface area contributed by atoms with Crippen molar-refractivity contribution in [3.8, 4) is 11.5 Å². The Labute approximate surface area is 236 Å². The van der Waals surface area contributed by atoms with Crippen molar-refractivity contribution in [1.29, 1.82) is 0 Å². The molecule has 1 fully saturated rings. The quantitative estimate of drug-likeness (QED) is 0.442. The lowest BCUT2D eigenvalue weighted by atomic mass is 9.71. The second kappa shape index (κ2) is 10.4. The Hall–Kier alpha value is -3.58. The van der Waals surface area contributed by atoms with Crippen LogP contribution in [-0.2, 0) is 19.1 Å². The number of benzene rings is 2. The van der Waals surface area contributed by atoms with Crippen LogP contribution >= 0.6 is 0 Å². The monoisotopic (exact) mass is 545 g/mol. The molecule has 1 aliphatic carbocycles. The van der Waals surface area contributed by atoms with Gasteiger partial charge in [0, 0.05) is 48.1 Å². The number of aromatic hydroxyl groups is 1. The van der Waals surface area contributed by atoms with E-state index in [-0.39, 0.29) is 23.6 Å². The van der Waals surface area contributed by atoms with Gasteiger partial charge >= 0.3 is 5.97 Å². The molecule has 7 nitrogen and oxygen atoms in total. The summed E-state index contributed by atoms with van der Waals surface area (Å²) in [6.45, 7) is 9.88. The summed E-state index contributed by atoms with van der Waals surface area (Å²) >= 11 is 0. The minimum Gasteiger partial charge on any atom is -0.508 e. The Bertz CT molecular complexity index is 1390. The van der Waals surface area contributed by atoms with E-state index >= 15 is 0 Å². The highest BCUT2D eigenvalue weighted by Gasteiger charge is 2.45. The third-order valence-electron chi connectivity index (χ3n) is 8.09. The van der Waals surface area contributed by atoms with E-state index in [1.807, 2.05) is 65.0 Å². The van der Waals surface area contributed by atoms with Gasteiger partial charge in [-0.2, -0.15) is 0 Å². The third-order valence-corrected chi connectivity index (χ3v) is 8.09. The summed E-state index contributed by atoms with van der Waals surface area (Å²) in [4.78, 5) is 27.9. The molecule has 0 radical (unpaired) electrons. The number of hydrogen-bond donors (Lipinski definition) is 2. The number of rotatable bonds is 5. The molecule has 2 aromatic carbocycles. The fourth-order valence-corrected chi connectivity index (χ4v) is 6.87. The molecule has 2 atom stereocenters. The second-order valence-electron chi connectivity index (χ2n) is 12.4. The zero-order valence-electron chi connectivity index (χ0n) is 24.2. The number of esters is 1. The van der Waals surface area contributed by atoms with Crippen molar-refractivity contribution in [3.63, 3.8) is 0 Å². The molecule has 0 spiro atoms. The Balaban J connectivity index is 1.52. The van der Waals surface area contributed by atoms with Crippen molar-refractivity contribution < 1.29 is 28.9 Å². The van der Waals surface area contributed by atoms with Crippen molar-refractivity contribution in [2.45, 2.75) is 89.4 Å². The first-order valence-electron chi connectivity index (χ1n) is 13.9. The van der Waals surface area contributed by atoms with Gasteiger partial charge in [0.15, 0.2) is 5.78 Å². The zero-order valence-corrected chi connectivity index (χ0v) is 24.2. The SMILES string of the molecule is COc1ccccc1C1CC(=O)C2=C(C1)NC(C)=C(C(=O)OC1CC(C)(C)OC(C)(C)C1)C2c1cccc(O)c1. The maximum absolute atomic E-state index is 13.9. The molecule has 0 bridgehead atoms. The molecule has 1 saturated heterocycles. The van der Waals surface area contributed by atoms with Crippen molar-refractivity contribution >= 4 is 11.8 Å². The molecule has 3 aliphatic rings. The Morgan fingerprint density at radius 1 is 1.02 bits per heavy atom. The lowest BCUT2D eigenvalue weighted by molar-refractivity contribution is -0.198. The number of ketones is 1. The van der Waals surface area contributed by atoms with E-state index < -0.39 is 23.1 Å². The summed E-state index contributed by atoms with van der Waals surface area (Å²) in [6.07, 6.45) is 1.71. The van der Waals surface area contributed by atoms with E-state index in [2.05, 4.69) is 5.32 Å². The normalized spacial score (nSPS) is 24.3. The molecule has 0 saturated carbocycles. The first-order valence-corrected chi connectivity index (χ1v) is 13.9. The minimum atomic E-state index is -0.650. The van der Waals surface area contributed by atoms with Crippen LogP contribution in [0.5, 0.6) is 11.5 Å². The van der Waals surface area contributed by atoms with Gasteiger partial charge in [-0.1, -0.05) is 30.3 Å². The van der Waals surface area contributed by atoms with Gasteiger partial charge in [-0.25, -0.2) is 4.79 Å². The van der Waals surface area contributed by atoms with E-state index in [4.69, 9.17) is 14.2 Å². The average Bonchev–Trinajstić information content (AvgIpc) is 2.85. The van der Waals surface area contributed by atoms with Crippen LogP contribution in [-0.4, -0.2) is 41.3 Å². The maximum Gasteiger partial charge on any atom is 0.337 e. The van der Waals surface area contributed by atoms with Gasteiger partial charge in [0.25, 0.3) is 0 Å². The fourth-order valence-electron chi connectivity index (χ4n) is 6.87. The minimum absolute atomic E-state index is 0.0378. The van der Waals surface area contributed by atoms with Crippen molar-refractivity contribution in [1.82, 2.24) is 5.32 Å². The predicted molar refractivity (Wildman–Crippen MR) is 152 cm³/mol. The molecular formula is C33H39NO6. The lowest BCUT2D eigenvalue weighted by Gasteiger charge is -2.45. The maximum atomic E-state index is 13.9.